The summed E-state index contributed by atoms with van der Waals surface area (Å²) in [4.78, 5) is 14.8. The van der Waals surface area contributed by atoms with Gasteiger partial charge < -0.3 is 10.0 Å². The van der Waals surface area contributed by atoms with Crippen molar-refractivity contribution in [2.45, 2.75) is 85.0 Å². The van der Waals surface area contributed by atoms with Gasteiger partial charge in [-0.2, -0.15) is 0 Å². The molecule has 1 amide bonds. The Kier molecular flexibility index (Phi) is 8.81. The van der Waals surface area contributed by atoms with Gasteiger partial charge in [-0.1, -0.05) is 53.7 Å². The third-order valence-electron chi connectivity index (χ3n) is 6.18. The van der Waals surface area contributed by atoms with Crippen molar-refractivity contribution in [2.75, 3.05) is 17.8 Å². The summed E-state index contributed by atoms with van der Waals surface area (Å²) in [7, 11) is -3.97. The summed E-state index contributed by atoms with van der Waals surface area (Å²) < 4.78 is 30.3. The van der Waals surface area contributed by atoms with Gasteiger partial charge >= 0.3 is 0 Å². The molecular weight excluding hydrogens is 448 g/mol. The third kappa shape index (κ3) is 5.74. The molecule has 2 rings (SSSR count). The van der Waals surface area contributed by atoms with E-state index in [0.717, 1.165) is 16.7 Å². The average molecular weight is 489 g/mol. The summed E-state index contributed by atoms with van der Waals surface area (Å²) in [6, 6.07) is 6.96. The second-order valence-electron chi connectivity index (χ2n) is 9.76. The van der Waals surface area contributed by atoms with Crippen LogP contribution in [0.3, 0.4) is 0 Å². The number of sulfonamides is 1. The molecule has 2 aromatic carbocycles. The molecule has 0 unspecified atom stereocenters. The smallest absolute Gasteiger partial charge is 0.262 e. The summed E-state index contributed by atoms with van der Waals surface area (Å²) in [6.45, 7) is 18.5. The van der Waals surface area contributed by atoms with Crippen LogP contribution in [0.15, 0.2) is 29.2 Å². The Hall–Kier alpha value is -2.54. The Labute approximate surface area is 205 Å². The number of nitrogens with one attached hydrogen (secondary N) is 1. The van der Waals surface area contributed by atoms with Crippen molar-refractivity contribution >= 4 is 21.6 Å². The van der Waals surface area contributed by atoms with Gasteiger partial charge in [0.15, 0.2) is 0 Å². The molecule has 0 saturated heterocycles. The highest BCUT2D eigenvalue weighted by Crippen LogP contribution is 2.37. The predicted molar refractivity (Wildman–Crippen MR) is 140 cm³/mol. The molecule has 6 nitrogen and oxygen atoms in total. The fourth-order valence-corrected chi connectivity index (χ4v) is 5.83. The van der Waals surface area contributed by atoms with Gasteiger partial charge in [-0.25, -0.2) is 8.42 Å². The first kappa shape index (κ1) is 27.7. The molecule has 2 aromatic rings. The van der Waals surface area contributed by atoms with Crippen molar-refractivity contribution in [1.29, 1.82) is 0 Å². The molecule has 0 aliphatic heterocycles. The molecule has 0 aliphatic carbocycles. The van der Waals surface area contributed by atoms with E-state index >= 15 is 0 Å². The number of hydrogen-bond acceptors (Lipinski definition) is 4. The first-order valence-corrected chi connectivity index (χ1v) is 13.6. The lowest BCUT2D eigenvalue weighted by Gasteiger charge is -2.24. The Bertz CT molecular complexity index is 1120. The number of amides is 1. The number of phenolic OH excluding ortho intramolecular Hbond substituents is 1. The van der Waals surface area contributed by atoms with Gasteiger partial charge in [0.25, 0.3) is 15.9 Å². The molecule has 2 N–H and O–H groups in total. The molecule has 0 fully saturated rings. The van der Waals surface area contributed by atoms with Crippen molar-refractivity contribution in [3.8, 4) is 5.75 Å². The van der Waals surface area contributed by atoms with Crippen molar-refractivity contribution in [2.24, 2.45) is 0 Å². The van der Waals surface area contributed by atoms with E-state index in [2.05, 4.69) is 18.6 Å². The number of benzene rings is 2. The molecule has 0 aliphatic rings. The number of hydrogen-bond donors (Lipinski definition) is 2. The highest BCUT2D eigenvalue weighted by atomic mass is 32.2. The Morgan fingerprint density at radius 2 is 1.41 bits per heavy atom. The summed E-state index contributed by atoms with van der Waals surface area (Å²) in [5, 5.41) is 10.5. The quantitative estimate of drug-likeness (QED) is 0.402. The van der Waals surface area contributed by atoms with Crippen LogP contribution in [0.5, 0.6) is 5.75 Å². The van der Waals surface area contributed by atoms with Gasteiger partial charge in [0, 0.05) is 13.1 Å². The molecular formula is C27H40N2O4S. The lowest BCUT2D eigenvalue weighted by molar-refractivity contribution is 0.0770. The molecule has 0 heterocycles. The van der Waals surface area contributed by atoms with E-state index in [1.165, 1.54) is 6.07 Å². The zero-order valence-corrected chi connectivity index (χ0v) is 22.8. The summed E-state index contributed by atoms with van der Waals surface area (Å²) in [5.41, 5.74) is 3.43. The highest BCUT2D eigenvalue weighted by molar-refractivity contribution is 7.92. The van der Waals surface area contributed by atoms with Crippen LogP contribution in [-0.2, 0) is 10.0 Å². The van der Waals surface area contributed by atoms with Crippen LogP contribution < -0.4 is 4.72 Å². The molecule has 0 aromatic heterocycles. The SMILES string of the molecule is CCN(CC)C(=O)c1cc(NS(=O)(=O)c2c(C(C)C)cc(C(C)C)cc2C(C)C)cc(C)c1O. The number of anilines is 1. The van der Waals surface area contributed by atoms with Crippen LogP contribution in [0.4, 0.5) is 5.69 Å². The zero-order chi connectivity index (χ0) is 26.0. The fraction of sp³-hybridized carbons (Fsp3) is 0.519. The number of carbonyl (C=O) groups excluding carboxylic acids is 1. The van der Waals surface area contributed by atoms with Crippen molar-refractivity contribution in [3.05, 3.63) is 52.1 Å². The van der Waals surface area contributed by atoms with Gasteiger partial charge in [0.2, 0.25) is 0 Å². The van der Waals surface area contributed by atoms with Crippen LogP contribution >= 0.6 is 0 Å². The molecule has 7 heteroatoms. The topological polar surface area (TPSA) is 86.7 Å². The molecule has 0 bridgehead atoms. The molecule has 0 radical (unpaired) electrons. The van der Waals surface area contributed by atoms with E-state index < -0.39 is 10.0 Å². The van der Waals surface area contributed by atoms with Crippen LogP contribution in [0, 0.1) is 6.92 Å². The molecule has 34 heavy (non-hydrogen) atoms. The monoisotopic (exact) mass is 488 g/mol. The van der Waals surface area contributed by atoms with Crippen LogP contribution in [0.25, 0.3) is 0 Å². The van der Waals surface area contributed by atoms with Gasteiger partial charge in [-0.15, -0.1) is 0 Å². The molecule has 0 saturated carbocycles. The van der Waals surface area contributed by atoms with Crippen molar-refractivity contribution in [3.63, 3.8) is 0 Å². The van der Waals surface area contributed by atoms with E-state index in [1.807, 2.05) is 53.7 Å². The minimum atomic E-state index is -3.97. The maximum absolute atomic E-state index is 13.8. The van der Waals surface area contributed by atoms with Crippen molar-refractivity contribution < 1.29 is 18.3 Å². The summed E-state index contributed by atoms with van der Waals surface area (Å²) in [5.74, 6) is -0.188. The van der Waals surface area contributed by atoms with Gasteiger partial charge in [-0.3, -0.25) is 9.52 Å². The zero-order valence-electron chi connectivity index (χ0n) is 22.0. The largest absolute Gasteiger partial charge is 0.507 e. The first-order chi connectivity index (χ1) is 15.7. The second kappa shape index (κ2) is 10.8. The predicted octanol–water partition coefficient (Wildman–Crippen LogP) is 6.35. The van der Waals surface area contributed by atoms with E-state index in [4.69, 9.17) is 0 Å². The lowest BCUT2D eigenvalue weighted by atomic mass is 9.89. The Morgan fingerprint density at radius 3 is 1.82 bits per heavy atom. The molecule has 0 spiro atoms. The Morgan fingerprint density at radius 1 is 0.912 bits per heavy atom. The normalized spacial score (nSPS) is 12.0. The molecule has 188 valence electrons. The number of nitrogens with zero attached hydrogens (tertiary/aromatic N) is 1. The Balaban J connectivity index is 2.69. The lowest BCUT2D eigenvalue weighted by Crippen LogP contribution is -2.30. The minimum absolute atomic E-state index is 0.00383. The first-order valence-electron chi connectivity index (χ1n) is 12.1. The third-order valence-corrected chi connectivity index (χ3v) is 7.70. The van der Waals surface area contributed by atoms with Crippen LogP contribution in [0.1, 0.15) is 106 Å². The maximum Gasteiger partial charge on any atom is 0.262 e. The number of rotatable bonds is 9. The number of aromatic hydroxyl groups is 1. The van der Waals surface area contributed by atoms with E-state index in [9.17, 15) is 18.3 Å². The van der Waals surface area contributed by atoms with Crippen molar-refractivity contribution in [1.82, 2.24) is 4.90 Å². The van der Waals surface area contributed by atoms with E-state index in [0.29, 0.717) is 23.5 Å². The average Bonchev–Trinajstić information content (AvgIpc) is 2.75. The van der Waals surface area contributed by atoms with Gasteiger partial charge in [0.1, 0.15) is 5.75 Å². The van der Waals surface area contributed by atoms with Crippen LogP contribution in [0.2, 0.25) is 0 Å². The van der Waals surface area contributed by atoms with E-state index in [-0.39, 0.29) is 40.7 Å². The fourth-order valence-electron chi connectivity index (χ4n) is 4.09. The number of carbonyl (C=O) groups is 1. The summed E-state index contributed by atoms with van der Waals surface area (Å²) >= 11 is 0. The molecule has 0 atom stereocenters. The number of aryl methyl sites for hydroxylation is 1. The van der Waals surface area contributed by atoms with Crippen LogP contribution in [-0.4, -0.2) is 37.4 Å². The minimum Gasteiger partial charge on any atom is -0.507 e. The summed E-state index contributed by atoms with van der Waals surface area (Å²) in [6.07, 6.45) is 0. The maximum atomic E-state index is 13.8. The van der Waals surface area contributed by atoms with Gasteiger partial charge in [0.05, 0.1) is 16.1 Å². The standard InChI is InChI=1S/C27H40N2O4S/c1-10-29(11-2)27(31)24-15-21(12-19(9)25(24)30)28-34(32,33)26-22(17(5)6)13-20(16(3)4)14-23(26)18(7)8/h12-18,28,30H,10-11H2,1-9H3. The number of phenols is 1. The van der Waals surface area contributed by atoms with Gasteiger partial charge in [-0.05, 0) is 72.9 Å². The highest BCUT2D eigenvalue weighted by Gasteiger charge is 2.28. The van der Waals surface area contributed by atoms with E-state index in [1.54, 1.807) is 17.9 Å². The second-order valence-corrected chi connectivity index (χ2v) is 11.4.